The maximum Gasteiger partial charge on any atom is 0.252 e. The van der Waals surface area contributed by atoms with Gasteiger partial charge in [0, 0.05) is 29.6 Å². The molecule has 1 amide bonds. The molecule has 2 aliphatic rings. The molecule has 0 saturated carbocycles. The monoisotopic (exact) mass is 266 g/mol. The lowest BCUT2D eigenvalue weighted by molar-refractivity contribution is 0.0958. The van der Waals surface area contributed by atoms with Crippen LogP contribution in [-0.4, -0.2) is 22.4 Å². The van der Waals surface area contributed by atoms with Crippen molar-refractivity contribution in [1.29, 1.82) is 0 Å². The van der Waals surface area contributed by atoms with E-state index in [4.69, 9.17) is 0 Å². The Bertz CT molecular complexity index is 713. The van der Waals surface area contributed by atoms with Crippen LogP contribution in [0.15, 0.2) is 30.7 Å². The molecule has 0 fully saturated rings. The standard InChI is InChI=1S/C15H14N4O/c1-9-13-6-11(2-3-12(13)15(20)18-9)19-5-4-10-7-16-8-17-14(10)19/h2-3,6-9H,4-5H2,1H3,(H,18,20). The number of hydrogen-bond donors (Lipinski definition) is 1. The second kappa shape index (κ2) is 4.03. The van der Waals surface area contributed by atoms with E-state index in [0.29, 0.717) is 0 Å². The SMILES string of the molecule is CC1NC(=O)c2ccc(N3CCc4cncnc43)cc21. The smallest absolute Gasteiger partial charge is 0.252 e. The Hall–Kier alpha value is -2.43. The number of fused-ring (bicyclic) bond motifs is 2. The molecule has 1 atom stereocenters. The fourth-order valence-corrected chi connectivity index (χ4v) is 3.00. The van der Waals surface area contributed by atoms with Gasteiger partial charge in [-0.05, 0) is 37.1 Å². The molecule has 20 heavy (non-hydrogen) atoms. The van der Waals surface area contributed by atoms with E-state index in [1.807, 2.05) is 25.3 Å². The van der Waals surface area contributed by atoms with Gasteiger partial charge >= 0.3 is 0 Å². The largest absolute Gasteiger partial charge is 0.345 e. The van der Waals surface area contributed by atoms with Crippen molar-refractivity contribution in [3.05, 3.63) is 47.4 Å². The van der Waals surface area contributed by atoms with E-state index in [-0.39, 0.29) is 11.9 Å². The molecule has 5 nitrogen and oxygen atoms in total. The Morgan fingerprint density at radius 2 is 2.30 bits per heavy atom. The van der Waals surface area contributed by atoms with Crippen molar-refractivity contribution in [2.75, 3.05) is 11.4 Å². The zero-order valence-corrected chi connectivity index (χ0v) is 11.1. The Morgan fingerprint density at radius 1 is 1.40 bits per heavy atom. The fraction of sp³-hybridized carbons (Fsp3) is 0.267. The molecule has 1 aromatic heterocycles. The van der Waals surface area contributed by atoms with Crippen molar-refractivity contribution in [2.24, 2.45) is 0 Å². The normalized spacial score (nSPS) is 19.8. The second-order valence-electron chi connectivity index (χ2n) is 5.24. The maximum absolute atomic E-state index is 11.8. The summed E-state index contributed by atoms with van der Waals surface area (Å²) in [6.45, 7) is 2.91. The number of amides is 1. The number of benzene rings is 1. The molecule has 1 aromatic carbocycles. The molecule has 0 bridgehead atoms. The average molecular weight is 266 g/mol. The van der Waals surface area contributed by atoms with Crippen LogP contribution < -0.4 is 10.2 Å². The van der Waals surface area contributed by atoms with Crippen molar-refractivity contribution in [2.45, 2.75) is 19.4 Å². The van der Waals surface area contributed by atoms with Gasteiger partial charge in [-0.25, -0.2) is 9.97 Å². The summed E-state index contributed by atoms with van der Waals surface area (Å²) in [6.07, 6.45) is 4.42. The molecule has 2 aromatic rings. The van der Waals surface area contributed by atoms with Gasteiger partial charge in [-0.3, -0.25) is 4.79 Å². The molecule has 0 aliphatic carbocycles. The van der Waals surface area contributed by atoms with Crippen LogP contribution in [0.5, 0.6) is 0 Å². The minimum atomic E-state index is 0.0168. The molecule has 4 rings (SSSR count). The van der Waals surface area contributed by atoms with E-state index in [9.17, 15) is 4.79 Å². The molecular formula is C15H14N4O. The van der Waals surface area contributed by atoms with Crippen LogP contribution in [0.3, 0.4) is 0 Å². The van der Waals surface area contributed by atoms with Gasteiger partial charge in [0.15, 0.2) is 0 Å². The summed E-state index contributed by atoms with van der Waals surface area (Å²) in [4.78, 5) is 22.4. The molecule has 5 heteroatoms. The minimum absolute atomic E-state index is 0.0168. The zero-order chi connectivity index (χ0) is 13.7. The first-order valence-electron chi connectivity index (χ1n) is 6.75. The summed E-state index contributed by atoms with van der Waals surface area (Å²) in [5, 5.41) is 2.94. The van der Waals surface area contributed by atoms with Crippen LogP contribution >= 0.6 is 0 Å². The van der Waals surface area contributed by atoms with Gasteiger partial charge in [0.1, 0.15) is 12.1 Å². The molecule has 2 aliphatic heterocycles. The summed E-state index contributed by atoms with van der Waals surface area (Å²) < 4.78 is 0. The highest BCUT2D eigenvalue weighted by atomic mass is 16.2. The van der Waals surface area contributed by atoms with Crippen LogP contribution in [0.2, 0.25) is 0 Å². The van der Waals surface area contributed by atoms with Gasteiger partial charge in [0.25, 0.3) is 5.91 Å². The summed E-state index contributed by atoms with van der Waals surface area (Å²) >= 11 is 0. The molecule has 1 unspecified atom stereocenters. The predicted molar refractivity (Wildman–Crippen MR) is 75.1 cm³/mol. The lowest BCUT2D eigenvalue weighted by atomic mass is 10.0. The van der Waals surface area contributed by atoms with E-state index in [0.717, 1.165) is 35.6 Å². The molecule has 0 saturated heterocycles. The van der Waals surface area contributed by atoms with Gasteiger partial charge in [-0.15, -0.1) is 0 Å². The molecule has 3 heterocycles. The second-order valence-corrected chi connectivity index (χ2v) is 5.24. The van der Waals surface area contributed by atoms with E-state index in [1.54, 1.807) is 6.33 Å². The van der Waals surface area contributed by atoms with Gasteiger partial charge in [-0.1, -0.05) is 0 Å². The lowest BCUT2D eigenvalue weighted by Gasteiger charge is -2.19. The molecule has 100 valence electrons. The van der Waals surface area contributed by atoms with Gasteiger partial charge < -0.3 is 10.2 Å². The van der Waals surface area contributed by atoms with Crippen molar-refractivity contribution < 1.29 is 4.79 Å². The van der Waals surface area contributed by atoms with Crippen LogP contribution in [0.1, 0.15) is 34.5 Å². The zero-order valence-electron chi connectivity index (χ0n) is 11.1. The first-order valence-corrected chi connectivity index (χ1v) is 6.75. The van der Waals surface area contributed by atoms with Crippen LogP contribution in [0, 0.1) is 0 Å². The quantitative estimate of drug-likeness (QED) is 0.857. The van der Waals surface area contributed by atoms with Crippen molar-refractivity contribution >= 4 is 17.4 Å². The van der Waals surface area contributed by atoms with E-state index >= 15 is 0 Å². The highest BCUT2D eigenvalue weighted by Gasteiger charge is 2.28. The van der Waals surface area contributed by atoms with Gasteiger partial charge in [-0.2, -0.15) is 0 Å². The minimum Gasteiger partial charge on any atom is -0.345 e. The number of nitrogens with one attached hydrogen (secondary N) is 1. The molecule has 0 radical (unpaired) electrons. The average Bonchev–Trinajstić information content (AvgIpc) is 3.01. The van der Waals surface area contributed by atoms with E-state index in [2.05, 4.69) is 26.3 Å². The summed E-state index contributed by atoms with van der Waals surface area (Å²) in [5.41, 5.74) is 4.11. The van der Waals surface area contributed by atoms with Crippen LogP contribution in [0.4, 0.5) is 11.5 Å². The summed E-state index contributed by atoms with van der Waals surface area (Å²) in [5.74, 6) is 0.994. The Morgan fingerprint density at radius 3 is 3.20 bits per heavy atom. The first kappa shape index (κ1) is 11.4. The third-order valence-corrected chi connectivity index (χ3v) is 4.03. The summed E-state index contributed by atoms with van der Waals surface area (Å²) in [7, 11) is 0. The first-order chi connectivity index (χ1) is 9.74. The predicted octanol–water partition coefficient (Wildman–Crippen LogP) is 1.98. The third kappa shape index (κ3) is 1.52. The molecule has 0 spiro atoms. The Balaban J connectivity index is 1.78. The number of nitrogens with zero attached hydrogens (tertiary/aromatic N) is 3. The maximum atomic E-state index is 11.8. The Kier molecular flexibility index (Phi) is 2.30. The summed E-state index contributed by atoms with van der Waals surface area (Å²) in [6, 6.07) is 6.07. The Labute approximate surface area is 116 Å². The number of carbonyl (C=O) groups is 1. The van der Waals surface area contributed by atoms with Crippen molar-refractivity contribution in [3.8, 4) is 0 Å². The van der Waals surface area contributed by atoms with E-state index in [1.165, 1.54) is 5.56 Å². The van der Waals surface area contributed by atoms with Crippen molar-refractivity contribution in [1.82, 2.24) is 15.3 Å². The number of hydrogen-bond acceptors (Lipinski definition) is 4. The highest BCUT2D eigenvalue weighted by Crippen LogP contribution is 2.35. The van der Waals surface area contributed by atoms with Crippen LogP contribution in [0.25, 0.3) is 0 Å². The van der Waals surface area contributed by atoms with Crippen molar-refractivity contribution in [3.63, 3.8) is 0 Å². The topological polar surface area (TPSA) is 58.1 Å². The van der Waals surface area contributed by atoms with Crippen LogP contribution in [-0.2, 0) is 6.42 Å². The fourth-order valence-electron chi connectivity index (χ4n) is 3.00. The highest BCUT2D eigenvalue weighted by molar-refractivity contribution is 5.99. The molecule has 1 N–H and O–H groups in total. The third-order valence-electron chi connectivity index (χ3n) is 4.03. The molecular weight excluding hydrogens is 252 g/mol. The van der Waals surface area contributed by atoms with E-state index < -0.39 is 0 Å². The number of rotatable bonds is 1. The number of anilines is 2. The number of aromatic nitrogens is 2. The van der Waals surface area contributed by atoms with Gasteiger partial charge in [0.05, 0.1) is 6.04 Å². The van der Waals surface area contributed by atoms with Gasteiger partial charge in [0.2, 0.25) is 0 Å². The lowest BCUT2D eigenvalue weighted by Crippen LogP contribution is -2.16. The number of carbonyl (C=O) groups excluding carboxylic acids is 1.